The number of benzene rings is 2. The van der Waals surface area contributed by atoms with E-state index < -0.39 is 0 Å². The number of carbonyl (C=O) groups is 1. The molecule has 0 aliphatic rings. The van der Waals surface area contributed by atoms with E-state index in [1.165, 1.54) is 0 Å². The van der Waals surface area contributed by atoms with E-state index in [1.54, 1.807) is 6.20 Å². The molecule has 3 aromatic rings. The first-order valence-corrected chi connectivity index (χ1v) is 7.68. The molecule has 1 N–H and O–H groups in total. The maximum absolute atomic E-state index is 11.7. The zero-order chi connectivity index (χ0) is 16.1. The standard InChI is InChI=1S/C20H18N2O/c1-2-19(23)22-18-13-12-16(17-9-6-14-21-20(17)18)11-10-15-7-4-3-5-8-15/h3-14H,2H2,1H3,(H,22,23). The van der Waals surface area contributed by atoms with Gasteiger partial charge in [-0.15, -0.1) is 0 Å². The van der Waals surface area contributed by atoms with Gasteiger partial charge in [-0.3, -0.25) is 9.78 Å². The summed E-state index contributed by atoms with van der Waals surface area (Å²) in [6.45, 7) is 1.84. The van der Waals surface area contributed by atoms with Gasteiger partial charge in [-0.25, -0.2) is 0 Å². The number of fused-ring (bicyclic) bond motifs is 1. The van der Waals surface area contributed by atoms with Gasteiger partial charge in [-0.2, -0.15) is 0 Å². The molecule has 0 saturated carbocycles. The van der Waals surface area contributed by atoms with Crippen molar-refractivity contribution in [1.82, 2.24) is 4.98 Å². The van der Waals surface area contributed by atoms with Gasteiger partial charge in [0.15, 0.2) is 0 Å². The van der Waals surface area contributed by atoms with E-state index in [0.29, 0.717) is 6.42 Å². The molecule has 0 bridgehead atoms. The molecule has 3 nitrogen and oxygen atoms in total. The van der Waals surface area contributed by atoms with Crippen molar-refractivity contribution < 1.29 is 4.79 Å². The van der Waals surface area contributed by atoms with Gasteiger partial charge in [-0.05, 0) is 23.3 Å². The molecule has 0 atom stereocenters. The van der Waals surface area contributed by atoms with Crippen molar-refractivity contribution in [3.05, 3.63) is 71.9 Å². The van der Waals surface area contributed by atoms with Crippen molar-refractivity contribution in [3.63, 3.8) is 0 Å². The summed E-state index contributed by atoms with van der Waals surface area (Å²) in [5.74, 6) is -0.00969. The van der Waals surface area contributed by atoms with Gasteiger partial charge < -0.3 is 5.32 Å². The van der Waals surface area contributed by atoms with Gasteiger partial charge in [-0.1, -0.05) is 61.5 Å². The van der Waals surface area contributed by atoms with Crippen LogP contribution >= 0.6 is 0 Å². The highest BCUT2D eigenvalue weighted by molar-refractivity contribution is 6.03. The lowest BCUT2D eigenvalue weighted by atomic mass is 10.1. The average molecular weight is 302 g/mol. The SMILES string of the molecule is CCC(=O)Nc1ccc(C=Cc2ccccc2)c2cccnc12. The second-order valence-corrected chi connectivity index (χ2v) is 5.25. The van der Waals surface area contributed by atoms with E-state index in [0.717, 1.165) is 27.7 Å². The molecule has 0 spiro atoms. The number of nitrogens with one attached hydrogen (secondary N) is 1. The topological polar surface area (TPSA) is 42.0 Å². The maximum atomic E-state index is 11.7. The molecule has 1 amide bonds. The van der Waals surface area contributed by atoms with Crippen LogP contribution in [0.15, 0.2) is 60.8 Å². The first-order chi connectivity index (χ1) is 11.3. The Morgan fingerprint density at radius 1 is 1.04 bits per heavy atom. The molecule has 0 aliphatic heterocycles. The summed E-state index contributed by atoms with van der Waals surface area (Å²) in [4.78, 5) is 16.1. The predicted octanol–water partition coefficient (Wildman–Crippen LogP) is 4.75. The third-order valence-corrected chi connectivity index (χ3v) is 3.65. The van der Waals surface area contributed by atoms with Crippen LogP contribution in [0.4, 0.5) is 5.69 Å². The minimum atomic E-state index is -0.00969. The lowest BCUT2D eigenvalue weighted by Crippen LogP contribution is -2.10. The third-order valence-electron chi connectivity index (χ3n) is 3.65. The molecule has 0 aliphatic carbocycles. The number of rotatable bonds is 4. The van der Waals surface area contributed by atoms with Crippen LogP contribution in [-0.4, -0.2) is 10.9 Å². The number of nitrogens with zero attached hydrogens (tertiary/aromatic N) is 1. The van der Waals surface area contributed by atoms with Crippen LogP contribution in [0.25, 0.3) is 23.1 Å². The summed E-state index contributed by atoms with van der Waals surface area (Å²) in [6.07, 6.45) is 6.34. The lowest BCUT2D eigenvalue weighted by molar-refractivity contribution is -0.115. The zero-order valence-electron chi connectivity index (χ0n) is 13.0. The summed E-state index contributed by atoms with van der Waals surface area (Å²) in [5.41, 5.74) is 3.79. The smallest absolute Gasteiger partial charge is 0.224 e. The fraction of sp³-hybridized carbons (Fsp3) is 0.100. The molecule has 0 unspecified atom stereocenters. The molecule has 3 heteroatoms. The molecule has 1 aromatic heterocycles. The van der Waals surface area contributed by atoms with Crippen molar-refractivity contribution in [2.45, 2.75) is 13.3 Å². The Kier molecular flexibility index (Phi) is 4.48. The Labute approximate surface area is 135 Å². The Bertz CT molecular complexity index is 854. The number of carbonyl (C=O) groups excluding carboxylic acids is 1. The monoisotopic (exact) mass is 302 g/mol. The Morgan fingerprint density at radius 3 is 2.65 bits per heavy atom. The number of hydrogen-bond donors (Lipinski definition) is 1. The maximum Gasteiger partial charge on any atom is 0.224 e. The van der Waals surface area contributed by atoms with Crippen LogP contribution in [0.3, 0.4) is 0 Å². The second kappa shape index (κ2) is 6.88. The molecule has 1 heterocycles. The first-order valence-electron chi connectivity index (χ1n) is 7.68. The van der Waals surface area contributed by atoms with Crippen molar-refractivity contribution in [3.8, 4) is 0 Å². The molecule has 2 aromatic carbocycles. The second-order valence-electron chi connectivity index (χ2n) is 5.25. The number of amides is 1. The van der Waals surface area contributed by atoms with Crippen molar-refractivity contribution >= 4 is 34.6 Å². The van der Waals surface area contributed by atoms with Gasteiger partial charge in [0, 0.05) is 18.0 Å². The molecule has 3 rings (SSSR count). The summed E-state index contributed by atoms with van der Waals surface area (Å²) in [6, 6.07) is 18.0. The van der Waals surface area contributed by atoms with Gasteiger partial charge in [0.2, 0.25) is 5.91 Å². The van der Waals surface area contributed by atoms with E-state index in [4.69, 9.17) is 0 Å². The largest absolute Gasteiger partial charge is 0.324 e. The summed E-state index contributed by atoms with van der Waals surface area (Å²) in [5, 5.41) is 3.93. The third kappa shape index (κ3) is 3.46. The Hall–Kier alpha value is -2.94. The zero-order valence-corrected chi connectivity index (χ0v) is 13.0. The molecule has 0 saturated heterocycles. The van der Waals surface area contributed by atoms with Gasteiger partial charge in [0.1, 0.15) is 0 Å². The summed E-state index contributed by atoms with van der Waals surface area (Å²) < 4.78 is 0. The number of hydrogen-bond acceptors (Lipinski definition) is 2. The van der Waals surface area contributed by atoms with Gasteiger partial charge >= 0.3 is 0 Å². The molecule has 0 fully saturated rings. The van der Waals surface area contributed by atoms with Crippen LogP contribution < -0.4 is 5.32 Å². The molecule has 23 heavy (non-hydrogen) atoms. The highest BCUT2D eigenvalue weighted by Crippen LogP contribution is 2.26. The molecule has 114 valence electrons. The minimum Gasteiger partial charge on any atom is -0.324 e. The van der Waals surface area contributed by atoms with Crippen molar-refractivity contribution in [2.24, 2.45) is 0 Å². The fourth-order valence-electron chi connectivity index (χ4n) is 2.43. The summed E-state index contributed by atoms with van der Waals surface area (Å²) in [7, 11) is 0. The quantitative estimate of drug-likeness (QED) is 0.706. The number of pyridine rings is 1. The first kappa shape index (κ1) is 15.0. The Morgan fingerprint density at radius 2 is 1.87 bits per heavy atom. The minimum absolute atomic E-state index is 0.00969. The van der Waals surface area contributed by atoms with Crippen molar-refractivity contribution in [1.29, 1.82) is 0 Å². The number of anilines is 1. The number of aromatic nitrogens is 1. The van der Waals surface area contributed by atoms with Gasteiger partial charge in [0.05, 0.1) is 11.2 Å². The van der Waals surface area contributed by atoms with Gasteiger partial charge in [0.25, 0.3) is 0 Å². The summed E-state index contributed by atoms with van der Waals surface area (Å²) >= 11 is 0. The molecule has 0 radical (unpaired) electrons. The van der Waals surface area contributed by atoms with E-state index in [-0.39, 0.29) is 5.91 Å². The van der Waals surface area contributed by atoms with E-state index in [9.17, 15) is 4.79 Å². The van der Waals surface area contributed by atoms with E-state index in [1.807, 2.05) is 49.4 Å². The lowest BCUT2D eigenvalue weighted by Gasteiger charge is -2.09. The molecular weight excluding hydrogens is 284 g/mol. The van der Waals surface area contributed by atoms with Crippen LogP contribution in [-0.2, 0) is 4.79 Å². The Balaban J connectivity index is 2.01. The van der Waals surface area contributed by atoms with Crippen LogP contribution in [0.5, 0.6) is 0 Å². The average Bonchev–Trinajstić information content (AvgIpc) is 2.62. The van der Waals surface area contributed by atoms with E-state index >= 15 is 0 Å². The highest BCUT2D eigenvalue weighted by atomic mass is 16.1. The van der Waals surface area contributed by atoms with Crippen LogP contribution in [0.1, 0.15) is 24.5 Å². The normalized spacial score (nSPS) is 11.0. The molecular formula is C20H18N2O. The van der Waals surface area contributed by atoms with E-state index in [2.05, 4.69) is 34.6 Å². The van der Waals surface area contributed by atoms with Crippen LogP contribution in [0, 0.1) is 0 Å². The predicted molar refractivity (Wildman–Crippen MR) is 96.0 cm³/mol. The van der Waals surface area contributed by atoms with Crippen LogP contribution in [0.2, 0.25) is 0 Å². The fourth-order valence-corrected chi connectivity index (χ4v) is 2.43. The highest BCUT2D eigenvalue weighted by Gasteiger charge is 2.07. The van der Waals surface area contributed by atoms with Crippen molar-refractivity contribution in [2.75, 3.05) is 5.32 Å².